The van der Waals surface area contributed by atoms with Crippen LogP contribution in [0.3, 0.4) is 0 Å². The van der Waals surface area contributed by atoms with Gasteiger partial charge in [-0.05, 0) is 25.8 Å². The minimum atomic E-state index is -0.589. The van der Waals surface area contributed by atoms with Gasteiger partial charge in [-0.3, -0.25) is 24.0 Å². The Hall–Kier alpha value is -4.44. The average Bonchev–Trinajstić information content (AvgIpc) is 3.44. The largest absolute Gasteiger partial charge is 0.439 e. The molecule has 3 aromatic heterocycles. The molecule has 5 rings (SSSR count). The Kier molecular flexibility index (Phi) is 5.81. The predicted molar refractivity (Wildman–Crippen MR) is 132 cm³/mol. The normalized spacial score (nSPS) is 15.9. The van der Waals surface area contributed by atoms with Crippen molar-refractivity contribution in [2.75, 3.05) is 18.0 Å². The fourth-order valence-electron chi connectivity index (χ4n) is 4.52. The van der Waals surface area contributed by atoms with Crippen LogP contribution >= 0.6 is 0 Å². The first kappa shape index (κ1) is 23.3. The maximum Gasteiger partial charge on any atom is 0.332 e. The van der Waals surface area contributed by atoms with Crippen molar-refractivity contribution in [1.29, 1.82) is 0 Å². The summed E-state index contributed by atoms with van der Waals surface area (Å²) in [7, 11) is 1.55. The van der Waals surface area contributed by atoms with Crippen molar-refractivity contribution in [1.82, 2.24) is 23.7 Å². The summed E-state index contributed by atoms with van der Waals surface area (Å²) < 4.78 is 9.72. The molecule has 1 saturated heterocycles. The number of rotatable bonds is 5. The Balaban J connectivity index is 1.65. The van der Waals surface area contributed by atoms with E-state index >= 15 is 0 Å². The van der Waals surface area contributed by atoms with Crippen molar-refractivity contribution in [3.8, 4) is 11.8 Å². The SMILES string of the molecule is CC#CCn1c(N2CCCC(N)C2)nc2c1c(=O)n(Cc1nc3cc([N+](=O)[O-])ccc3o1)c(=O)n2C. The van der Waals surface area contributed by atoms with Gasteiger partial charge >= 0.3 is 5.69 Å². The molecule has 4 aromatic rings. The van der Waals surface area contributed by atoms with Crippen LogP contribution in [0.5, 0.6) is 0 Å². The lowest BCUT2D eigenvalue weighted by Gasteiger charge is -2.31. The molecule has 1 aliphatic heterocycles. The fourth-order valence-corrected chi connectivity index (χ4v) is 4.52. The van der Waals surface area contributed by atoms with Crippen LogP contribution in [0, 0.1) is 22.0 Å². The highest BCUT2D eigenvalue weighted by Gasteiger charge is 2.26. The zero-order valence-corrected chi connectivity index (χ0v) is 19.8. The molecule has 4 heterocycles. The van der Waals surface area contributed by atoms with E-state index in [4.69, 9.17) is 10.2 Å². The molecule has 0 amide bonds. The van der Waals surface area contributed by atoms with Gasteiger partial charge < -0.3 is 15.1 Å². The van der Waals surface area contributed by atoms with Crippen LogP contribution in [-0.4, -0.2) is 47.7 Å². The molecule has 13 nitrogen and oxygen atoms in total. The van der Waals surface area contributed by atoms with Crippen molar-refractivity contribution in [2.45, 2.75) is 38.9 Å². The van der Waals surface area contributed by atoms with Gasteiger partial charge in [-0.25, -0.2) is 14.3 Å². The maximum absolute atomic E-state index is 13.6. The zero-order chi connectivity index (χ0) is 25.6. The monoisotopic (exact) mass is 492 g/mol. The Morgan fingerprint density at radius 2 is 2.08 bits per heavy atom. The summed E-state index contributed by atoms with van der Waals surface area (Å²) in [4.78, 5) is 48.3. The zero-order valence-electron chi connectivity index (χ0n) is 19.8. The number of nitrogens with two attached hydrogens (primary N) is 1. The minimum absolute atomic E-state index is 0.0141. The van der Waals surface area contributed by atoms with Crippen molar-refractivity contribution < 1.29 is 9.34 Å². The number of benzene rings is 1. The Morgan fingerprint density at radius 3 is 2.81 bits per heavy atom. The summed E-state index contributed by atoms with van der Waals surface area (Å²) >= 11 is 0. The quantitative estimate of drug-likeness (QED) is 0.243. The number of aromatic nitrogens is 5. The van der Waals surface area contributed by atoms with Crippen LogP contribution < -0.4 is 21.9 Å². The Labute approximate surface area is 203 Å². The molecule has 1 aliphatic rings. The van der Waals surface area contributed by atoms with Gasteiger partial charge in [0, 0.05) is 38.3 Å². The molecule has 13 heteroatoms. The van der Waals surface area contributed by atoms with E-state index in [0.29, 0.717) is 18.1 Å². The molecule has 0 bridgehead atoms. The van der Waals surface area contributed by atoms with Crippen molar-refractivity contribution in [2.24, 2.45) is 12.8 Å². The molecule has 2 N–H and O–H groups in total. The van der Waals surface area contributed by atoms with E-state index in [1.807, 2.05) is 4.90 Å². The number of hydrogen-bond donors (Lipinski definition) is 1. The standard InChI is InChI=1S/C23H24N8O5/c1-3-4-10-29-19-20(26-22(29)28-9-5-6-14(24)12-28)27(2)23(33)30(21(19)32)13-18-25-16-11-15(31(34)35)7-8-17(16)36-18/h7-8,11,14H,5-6,9-10,12-13,24H2,1-2H3. The number of imidazole rings is 1. The highest BCUT2D eigenvalue weighted by molar-refractivity contribution is 5.76. The van der Waals surface area contributed by atoms with Gasteiger partial charge in [-0.2, -0.15) is 4.98 Å². The van der Waals surface area contributed by atoms with Crippen molar-refractivity contribution >= 4 is 33.9 Å². The molecule has 0 saturated carbocycles. The summed E-state index contributed by atoms with van der Waals surface area (Å²) in [5, 5.41) is 11.1. The third-order valence-electron chi connectivity index (χ3n) is 6.29. The van der Waals surface area contributed by atoms with Gasteiger partial charge in [-0.15, -0.1) is 5.92 Å². The third-order valence-corrected chi connectivity index (χ3v) is 6.29. The molecule has 186 valence electrons. The number of fused-ring (bicyclic) bond motifs is 2. The van der Waals surface area contributed by atoms with E-state index in [1.165, 1.54) is 22.8 Å². The number of nitro groups is 1. The van der Waals surface area contributed by atoms with Gasteiger partial charge in [0.15, 0.2) is 16.7 Å². The second-order valence-corrected chi connectivity index (χ2v) is 8.69. The lowest BCUT2D eigenvalue weighted by molar-refractivity contribution is -0.384. The van der Waals surface area contributed by atoms with Crippen LogP contribution in [0.1, 0.15) is 25.7 Å². The summed E-state index contributed by atoms with van der Waals surface area (Å²) in [5.74, 6) is 6.45. The van der Waals surface area contributed by atoms with E-state index in [1.54, 1.807) is 18.5 Å². The fraction of sp³-hybridized carbons (Fsp3) is 0.391. The van der Waals surface area contributed by atoms with Gasteiger partial charge in [0.25, 0.3) is 11.2 Å². The Morgan fingerprint density at radius 1 is 1.28 bits per heavy atom. The molecule has 0 spiro atoms. The number of hydrogen-bond acceptors (Lipinski definition) is 9. The number of oxazole rings is 1. The molecule has 1 aromatic carbocycles. The number of non-ortho nitro benzene ring substituents is 1. The summed E-state index contributed by atoms with van der Waals surface area (Å²) in [5.41, 5.74) is 5.96. The van der Waals surface area contributed by atoms with Gasteiger partial charge in [-0.1, -0.05) is 5.92 Å². The average molecular weight is 492 g/mol. The van der Waals surface area contributed by atoms with Crippen molar-refractivity contribution in [3.63, 3.8) is 0 Å². The van der Waals surface area contributed by atoms with Gasteiger partial charge in [0.05, 0.1) is 11.5 Å². The van der Waals surface area contributed by atoms with Gasteiger partial charge in [0.1, 0.15) is 12.1 Å². The Bertz CT molecular complexity index is 1680. The number of nitrogens with zero attached hydrogens (tertiary/aromatic N) is 7. The first-order chi connectivity index (χ1) is 17.3. The first-order valence-electron chi connectivity index (χ1n) is 11.4. The number of nitro benzene ring substituents is 1. The molecule has 1 unspecified atom stereocenters. The van der Waals surface area contributed by atoms with Crippen LogP contribution in [-0.2, 0) is 20.1 Å². The first-order valence-corrected chi connectivity index (χ1v) is 11.4. The summed E-state index contributed by atoms with van der Waals surface area (Å²) in [6.45, 7) is 2.99. The highest BCUT2D eigenvalue weighted by atomic mass is 16.6. The van der Waals surface area contributed by atoms with E-state index in [9.17, 15) is 19.7 Å². The van der Waals surface area contributed by atoms with Crippen molar-refractivity contribution in [3.05, 3.63) is 55.0 Å². The third kappa shape index (κ3) is 3.91. The van der Waals surface area contributed by atoms with E-state index in [0.717, 1.165) is 24.0 Å². The molecule has 36 heavy (non-hydrogen) atoms. The minimum Gasteiger partial charge on any atom is -0.439 e. The lowest BCUT2D eigenvalue weighted by Crippen LogP contribution is -2.44. The molecule has 1 fully saturated rings. The lowest BCUT2D eigenvalue weighted by atomic mass is 10.1. The van der Waals surface area contributed by atoms with Crippen LogP contribution in [0.4, 0.5) is 11.6 Å². The van der Waals surface area contributed by atoms with E-state index in [2.05, 4.69) is 21.8 Å². The number of aryl methyl sites for hydroxylation is 1. The highest BCUT2D eigenvalue weighted by Crippen LogP contribution is 2.24. The van der Waals surface area contributed by atoms with E-state index < -0.39 is 16.2 Å². The topological polar surface area (TPSA) is 160 Å². The molecule has 1 atom stereocenters. The predicted octanol–water partition coefficient (Wildman–Crippen LogP) is 0.945. The maximum atomic E-state index is 13.6. The molecular formula is C23H24N8O5. The van der Waals surface area contributed by atoms with Crippen LogP contribution in [0.15, 0.2) is 32.2 Å². The van der Waals surface area contributed by atoms with Gasteiger partial charge in [0.2, 0.25) is 11.8 Å². The second kappa shape index (κ2) is 8.97. The summed E-state index contributed by atoms with van der Waals surface area (Å²) in [6, 6.07) is 4.00. The van der Waals surface area contributed by atoms with Crippen LogP contribution in [0.2, 0.25) is 0 Å². The smallest absolute Gasteiger partial charge is 0.332 e. The molecule has 0 aliphatic carbocycles. The molecular weight excluding hydrogens is 468 g/mol. The second-order valence-electron chi connectivity index (χ2n) is 8.69. The number of piperidine rings is 1. The van der Waals surface area contributed by atoms with E-state index in [-0.39, 0.29) is 47.4 Å². The molecule has 0 radical (unpaired) electrons. The van der Waals surface area contributed by atoms with Crippen LogP contribution in [0.25, 0.3) is 22.3 Å². The summed E-state index contributed by atoms with van der Waals surface area (Å²) in [6.07, 6.45) is 1.80. The number of anilines is 1.